The Labute approximate surface area is 344 Å². The Morgan fingerprint density at radius 1 is 0.533 bits per heavy atom. The molecule has 6 aromatic carbocycles. The van der Waals surface area contributed by atoms with E-state index in [0.29, 0.717) is 33.0 Å². The van der Waals surface area contributed by atoms with Crippen LogP contribution in [-0.2, 0) is 9.47 Å². The van der Waals surface area contributed by atoms with E-state index in [0.717, 1.165) is 0 Å². The Morgan fingerprint density at radius 3 is 1.18 bits per heavy atom. The van der Waals surface area contributed by atoms with Crippen molar-refractivity contribution in [3.05, 3.63) is 93.0 Å². The van der Waals surface area contributed by atoms with E-state index in [1.165, 1.54) is 63.0 Å². The van der Waals surface area contributed by atoms with Crippen LogP contribution in [0.25, 0.3) is 32.7 Å². The molecule has 6 rings (SSSR count). The van der Waals surface area contributed by atoms with Crippen LogP contribution in [0.5, 0.6) is 46.0 Å². The molecule has 6 aromatic rings. The average Bonchev–Trinajstić information content (AvgIpc) is 3.19. The normalized spacial score (nSPS) is 11.8. The molecule has 0 spiro atoms. The number of esters is 2. The predicted octanol–water partition coefficient (Wildman–Crippen LogP) is 9.24. The van der Waals surface area contributed by atoms with Crippen LogP contribution in [0.4, 0.5) is 11.4 Å². The van der Waals surface area contributed by atoms with E-state index < -0.39 is 57.9 Å². The van der Waals surface area contributed by atoms with Crippen LogP contribution >= 0.6 is 0 Å². The molecule has 0 atom stereocenters. The zero-order valence-corrected chi connectivity index (χ0v) is 34.0. The maximum absolute atomic E-state index is 12.4. The Morgan fingerprint density at radius 2 is 0.883 bits per heavy atom. The van der Waals surface area contributed by atoms with Crippen molar-refractivity contribution in [3.63, 3.8) is 0 Å². The number of aliphatic imine (C=N–C) groups is 2. The quantitative estimate of drug-likeness (QED) is 0.0387. The van der Waals surface area contributed by atoms with E-state index >= 15 is 0 Å². The molecule has 60 heavy (non-hydrogen) atoms. The van der Waals surface area contributed by atoms with Crippen LogP contribution in [0.2, 0.25) is 0 Å². The minimum Gasteiger partial charge on any atom is -0.507 e. The summed E-state index contributed by atoms with van der Waals surface area (Å²) in [7, 11) is 2.34. The lowest BCUT2D eigenvalue weighted by molar-refractivity contribution is 0.0588. The Hall–Kier alpha value is -7.48. The van der Waals surface area contributed by atoms with Gasteiger partial charge < -0.3 is 50.3 Å². The van der Waals surface area contributed by atoms with Crippen LogP contribution in [0.15, 0.2) is 58.5 Å². The van der Waals surface area contributed by atoms with Gasteiger partial charge in [-0.25, -0.2) is 9.59 Å². The van der Waals surface area contributed by atoms with Gasteiger partial charge in [-0.05, 0) is 71.8 Å². The molecule has 0 radical (unpaired) electrons. The molecule has 0 heterocycles. The van der Waals surface area contributed by atoms with Crippen LogP contribution in [0.1, 0.15) is 93.6 Å². The van der Waals surface area contributed by atoms with Gasteiger partial charge in [0.1, 0.15) is 34.1 Å². The molecule has 0 unspecified atom stereocenters. The number of aromatic hydroxyl groups is 8. The van der Waals surface area contributed by atoms with E-state index in [4.69, 9.17) is 9.47 Å². The number of methoxy groups -OCH3 is 2. The molecule has 0 aromatic heterocycles. The number of hydrogen-bond donors (Lipinski definition) is 8. The Bertz CT molecular complexity index is 2650. The molecular formula is C46H44N2O12. The van der Waals surface area contributed by atoms with Gasteiger partial charge >= 0.3 is 11.9 Å². The molecular weight excluding hydrogens is 773 g/mol. The number of phenolic OH excluding ortho intramolecular Hbond substituents is 8. The zero-order chi connectivity index (χ0) is 44.1. The molecule has 0 bridgehead atoms. The lowest BCUT2D eigenvalue weighted by atomic mass is 9.83. The third kappa shape index (κ3) is 7.05. The van der Waals surface area contributed by atoms with Gasteiger partial charge in [-0.15, -0.1) is 0 Å². The minimum absolute atomic E-state index is 0.0704. The fourth-order valence-corrected chi connectivity index (χ4v) is 7.67. The number of aryl methyl sites for hydroxylation is 2. The minimum atomic E-state index is -0.764. The summed E-state index contributed by atoms with van der Waals surface area (Å²) in [6, 6.07) is 11.3. The summed E-state index contributed by atoms with van der Waals surface area (Å²) in [5.41, 5.74) is 1.77. The lowest BCUT2D eigenvalue weighted by Crippen LogP contribution is -2.01. The number of ether oxygens (including phenoxy) is 2. The fourth-order valence-electron chi connectivity index (χ4n) is 7.67. The lowest BCUT2D eigenvalue weighted by Gasteiger charge is -2.23. The highest BCUT2D eigenvalue weighted by molar-refractivity contribution is 6.15. The number of carbonyl (C=O) groups excluding carboxylic acids is 2. The first-order chi connectivity index (χ1) is 28.3. The molecule has 0 saturated carbocycles. The predicted molar refractivity (Wildman–Crippen MR) is 228 cm³/mol. The first-order valence-corrected chi connectivity index (χ1v) is 18.7. The molecule has 0 fully saturated rings. The number of carbonyl (C=O) groups is 2. The van der Waals surface area contributed by atoms with Crippen LogP contribution in [-0.4, -0.2) is 79.4 Å². The summed E-state index contributed by atoms with van der Waals surface area (Å²) in [5, 5.41) is 92.3. The second-order valence-electron chi connectivity index (χ2n) is 14.9. The van der Waals surface area contributed by atoms with E-state index in [9.17, 15) is 50.4 Å². The number of hydrogen-bond acceptors (Lipinski definition) is 14. The zero-order valence-electron chi connectivity index (χ0n) is 34.0. The van der Waals surface area contributed by atoms with Crippen LogP contribution in [0, 0.1) is 13.8 Å². The van der Waals surface area contributed by atoms with Crippen molar-refractivity contribution in [2.75, 3.05) is 14.2 Å². The largest absolute Gasteiger partial charge is 0.507 e. The van der Waals surface area contributed by atoms with Gasteiger partial charge in [0, 0.05) is 57.6 Å². The highest BCUT2D eigenvalue weighted by Gasteiger charge is 2.30. The Balaban J connectivity index is 1.66. The van der Waals surface area contributed by atoms with Crippen molar-refractivity contribution in [1.82, 2.24) is 0 Å². The fraction of sp³-hybridized carbons (Fsp3) is 0.217. The molecule has 0 aliphatic heterocycles. The van der Waals surface area contributed by atoms with Gasteiger partial charge in [0.25, 0.3) is 0 Å². The summed E-state index contributed by atoms with van der Waals surface area (Å²) in [6.07, 6.45) is 2.39. The standard InChI is InChI=1S/C46H44N2O12/c1-19(2)33-27-13-21(5)35(41(53)37(27)29(39(51)43(33)55)17-47-23-9-11-25(31(49)15-23)45(57)59-7)36-22(6)14-28-34(20(3)4)44(56)40(52)30(38(28)42(36)54)18-48-24-10-12-26(32(50)16-24)46(58)60-8/h9-20,49-56H,1-8H3. The molecule has 14 heteroatoms. The maximum Gasteiger partial charge on any atom is 0.341 e. The highest BCUT2D eigenvalue weighted by atomic mass is 16.5. The van der Waals surface area contributed by atoms with Gasteiger partial charge in [-0.3, -0.25) is 9.98 Å². The van der Waals surface area contributed by atoms with Crippen molar-refractivity contribution in [1.29, 1.82) is 0 Å². The van der Waals surface area contributed by atoms with Gasteiger partial charge in [0.05, 0.1) is 36.7 Å². The summed E-state index contributed by atoms with van der Waals surface area (Å²) in [6.45, 7) is 10.6. The van der Waals surface area contributed by atoms with Crippen molar-refractivity contribution >= 4 is 57.3 Å². The summed E-state index contributed by atoms with van der Waals surface area (Å²) >= 11 is 0. The molecule has 0 amide bonds. The molecule has 8 N–H and O–H groups in total. The van der Waals surface area contributed by atoms with E-state index in [1.807, 2.05) is 0 Å². The van der Waals surface area contributed by atoms with Gasteiger partial charge in [0.15, 0.2) is 23.0 Å². The summed E-state index contributed by atoms with van der Waals surface area (Å²) in [5.74, 6) is -5.91. The first-order valence-electron chi connectivity index (χ1n) is 18.7. The second-order valence-corrected chi connectivity index (χ2v) is 14.9. The maximum atomic E-state index is 12.4. The molecule has 14 nitrogen and oxygen atoms in total. The van der Waals surface area contributed by atoms with Gasteiger partial charge in [0.2, 0.25) is 0 Å². The number of fused-ring (bicyclic) bond motifs is 2. The third-order valence-corrected chi connectivity index (χ3v) is 10.4. The van der Waals surface area contributed by atoms with E-state index in [2.05, 4.69) is 9.98 Å². The number of phenols is 8. The van der Waals surface area contributed by atoms with Gasteiger partial charge in [-0.2, -0.15) is 0 Å². The molecule has 310 valence electrons. The monoisotopic (exact) mass is 816 g/mol. The van der Waals surface area contributed by atoms with E-state index in [1.54, 1.807) is 53.7 Å². The molecule has 0 aliphatic rings. The SMILES string of the molecule is COC(=O)c1ccc(N=Cc2c(O)c(O)c(C(C)C)c3cc(C)c(-c4c(C)cc5c(C(C)C)c(O)c(O)c(C=Nc6ccc(C(=O)OC)c(O)c6)c5c4O)c(O)c23)cc1O. The van der Waals surface area contributed by atoms with Gasteiger partial charge in [-0.1, -0.05) is 39.8 Å². The number of rotatable bonds is 9. The third-order valence-electron chi connectivity index (χ3n) is 10.4. The van der Waals surface area contributed by atoms with Crippen molar-refractivity contribution in [2.24, 2.45) is 9.98 Å². The topological polar surface area (TPSA) is 239 Å². The van der Waals surface area contributed by atoms with E-state index in [-0.39, 0.29) is 67.4 Å². The van der Waals surface area contributed by atoms with Crippen LogP contribution < -0.4 is 0 Å². The molecule has 0 aliphatic carbocycles. The summed E-state index contributed by atoms with van der Waals surface area (Å²) < 4.78 is 9.38. The van der Waals surface area contributed by atoms with Crippen molar-refractivity contribution < 1.29 is 59.9 Å². The number of nitrogens with zero attached hydrogens (tertiary/aromatic N) is 2. The van der Waals surface area contributed by atoms with Crippen molar-refractivity contribution in [3.8, 4) is 57.1 Å². The summed E-state index contributed by atoms with van der Waals surface area (Å²) in [4.78, 5) is 32.8. The first kappa shape index (κ1) is 42.1. The smallest absolute Gasteiger partial charge is 0.341 e. The van der Waals surface area contributed by atoms with Crippen molar-refractivity contribution in [2.45, 2.75) is 53.4 Å². The molecule has 0 saturated heterocycles. The Kier molecular flexibility index (Phi) is 11.3. The average molecular weight is 817 g/mol. The van der Waals surface area contributed by atoms with Crippen LogP contribution in [0.3, 0.4) is 0 Å². The highest BCUT2D eigenvalue weighted by Crippen LogP contribution is 2.54. The second kappa shape index (κ2) is 16.0. The number of benzene rings is 6.